The SMILES string of the molecule is Fc1ccc(CCN2CCN(C(c3ccccn3)c3cn[nH]c3-c3ccccc3F)CC2)c(F)c1. The highest BCUT2D eigenvalue weighted by Crippen LogP contribution is 2.35. The number of nitrogens with one attached hydrogen (secondary N) is 1. The number of hydrogen-bond donors (Lipinski definition) is 1. The lowest BCUT2D eigenvalue weighted by atomic mass is 9.97. The maximum atomic E-state index is 14.6. The van der Waals surface area contributed by atoms with E-state index in [9.17, 15) is 13.2 Å². The van der Waals surface area contributed by atoms with Crippen molar-refractivity contribution in [3.63, 3.8) is 0 Å². The highest BCUT2D eigenvalue weighted by atomic mass is 19.1. The van der Waals surface area contributed by atoms with E-state index in [1.165, 1.54) is 18.2 Å². The summed E-state index contributed by atoms with van der Waals surface area (Å²) in [5.41, 5.74) is 3.38. The number of pyridine rings is 1. The quantitative estimate of drug-likeness (QED) is 0.414. The molecule has 1 unspecified atom stereocenters. The third-order valence-electron chi connectivity index (χ3n) is 6.56. The van der Waals surface area contributed by atoms with Crippen LogP contribution in [0.1, 0.15) is 22.9 Å². The van der Waals surface area contributed by atoms with Gasteiger partial charge in [-0.15, -0.1) is 0 Å². The van der Waals surface area contributed by atoms with Gasteiger partial charge in [-0.25, -0.2) is 13.2 Å². The molecule has 0 spiro atoms. The van der Waals surface area contributed by atoms with Gasteiger partial charge < -0.3 is 4.90 Å². The maximum Gasteiger partial charge on any atom is 0.132 e. The van der Waals surface area contributed by atoms with Gasteiger partial charge in [0, 0.05) is 56.1 Å². The Bertz CT molecular complexity index is 1270. The van der Waals surface area contributed by atoms with Crippen LogP contribution in [0.25, 0.3) is 11.3 Å². The smallest absolute Gasteiger partial charge is 0.132 e. The third kappa shape index (κ3) is 5.13. The number of H-pyrrole nitrogens is 1. The number of aromatic amines is 1. The average Bonchev–Trinajstić information content (AvgIpc) is 3.34. The Morgan fingerprint density at radius 2 is 1.69 bits per heavy atom. The zero-order chi connectivity index (χ0) is 24.2. The van der Waals surface area contributed by atoms with E-state index < -0.39 is 11.6 Å². The molecule has 3 heterocycles. The van der Waals surface area contributed by atoms with Crippen LogP contribution in [0.3, 0.4) is 0 Å². The number of hydrogen-bond acceptors (Lipinski definition) is 4. The minimum absolute atomic E-state index is 0.193. The lowest BCUT2D eigenvalue weighted by Crippen LogP contribution is -2.48. The summed E-state index contributed by atoms with van der Waals surface area (Å²) in [5, 5.41) is 7.25. The van der Waals surface area contributed by atoms with Gasteiger partial charge in [-0.2, -0.15) is 5.10 Å². The van der Waals surface area contributed by atoms with E-state index in [4.69, 9.17) is 0 Å². The van der Waals surface area contributed by atoms with E-state index >= 15 is 0 Å². The van der Waals surface area contributed by atoms with Crippen molar-refractivity contribution in [2.75, 3.05) is 32.7 Å². The van der Waals surface area contributed by atoms with Gasteiger partial charge in [-0.05, 0) is 42.3 Å². The molecule has 1 aliphatic rings. The van der Waals surface area contributed by atoms with E-state index in [1.54, 1.807) is 24.5 Å². The van der Waals surface area contributed by atoms with Gasteiger partial charge in [0.05, 0.1) is 23.6 Å². The van der Waals surface area contributed by atoms with E-state index in [0.29, 0.717) is 29.8 Å². The summed E-state index contributed by atoms with van der Waals surface area (Å²) in [5.74, 6) is -1.37. The molecule has 2 aromatic heterocycles. The minimum Gasteiger partial charge on any atom is -0.300 e. The molecule has 0 amide bonds. The lowest BCUT2D eigenvalue weighted by molar-refractivity contribution is 0.109. The van der Waals surface area contributed by atoms with Crippen LogP contribution in [0.2, 0.25) is 0 Å². The van der Waals surface area contributed by atoms with Crippen molar-refractivity contribution in [1.29, 1.82) is 0 Å². The Hall–Kier alpha value is -3.49. The number of rotatable bonds is 7. The van der Waals surface area contributed by atoms with Gasteiger partial charge in [0.2, 0.25) is 0 Å². The van der Waals surface area contributed by atoms with E-state index in [2.05, 4.69) is 25.0 Å². The first-order chi connectivity index (χ1) is 17.1. The number of piperazine rings is 1. The molecule has 4 aromatic rings. The highest BCUT2D eigenvalue weighted by molar-refractivity contribution is 5.64. The van der Waals surface area contributed by atoms with Crippen LogP contribution in [0.15, 0.2) is 73.1 Å². The number of halogens is 3. The molecule has 1 aliphatic heterocycles. The second-order valence-electron chi connectivity index (χ2n) is 8.70. The molecule has 1 N–H and O–H groups in total. The second kappa shape index (κ2) is 10.4. The Morgan fingerprint density at radius 3 is 2.43 bits per heavy atom. The highest BCUT2D eigenvalue weighted by Gasteiger charge is 2.30. The zero-order valence-corrected chi connectivity index (χ0v) is 19.2. The van der Waals surface area contributed by atoms with Crippen molar-refractivity contribution in [2.24, 2.45) is 0 Å². The number of benzene rings is 2. The fraction of sp³-hybridized carbons (Fsp3) is 0.259. The molecular weight excluding hydrogens is 451 g/mol. The van der Waals surface area contributed by atoms with E-state index in [0.717, 1.165) is 43.5 Å². The lowest BCUT2D eigenvalue weighted by Gasteiger charge is -2.39. The summed E-state index contributed by atoms with van der Waals surface area (Å²) < 4.78 is 41.8. The Labute approximate surface area is 202 Å². The fourth-order valence-corrected chi connectivity index (χ4v) is 4.71. The van der Waals surface area contributed by atoms with Crippen molar-refractivity contribution >= 4 is 0 Å². The summed E-state index contributed by atoms with van der Waals surface area (Å²) in [6.45, 7) is 3.79. The Kier molecular flexibility index (Phi) is 6.92. The largest absolute Gasteiger partial charge is 0.300 e. The molecule has 180 valence electrons. The summed E-state index contributed by atoms with van der Waals surface area (Å²) in [6.07, 6.45) is 4.04. The average molecular weight is 478 g/mol. The normalized spacial score (nSPS) is 15.9. The summed E-state index contributed by atoms with van der Waals surface area (Å²) in [4.78, 5) is 9.22. The summed E-state index contributed by atoms with van der Waals surface area (Å²) >= 11 is 0. The maximum absolute atomic E-state index is 14.6. The van der Waals surface area contributed by atoms with Crippen molar-refractivity contribution in [2.45, 2.75) is 12.5 Å². The molecule has 0 saturated carbocycles. The fourth-order valence-electron chi connectivity index (χ4n) is 4.71. The molecule has 0 aliphatic carbocycles. The molecule has 2 aromatic carbocycles. The first kappa shape index (κ1) is 23.3. The van der Waals surface area contributed by atoms with Crippen molar-refractivity contribution in [1.82, 2.24) is 25.0 Å². The summed E-state index contributed by atoms with van der Waals surface area (Å²) in [6, 6.07) is 16.0. The predicted molar refractivity (Wildman–Crippen MR) is 128 cm³/mol. The zero-order valence-electron chi connectivity index (χ0n) is 19.2. The van der Waals surface area contributed by atoms with Crippen LogP contribution >= 0.6 is 0 Å². The van der Waals surface area contributed by atoms with Gasteiger partial charge in [0.1, 0.15) is 17.5 Å². The Morgan fingerprint density at radius 1 is 0.886 bits per heavy atom. The monoisotopic (exact) mass is 477 g/mol. The van der Waals surface area contributed by atoms with Crippen molar-refractivity contribution in [3.05, 3.63) is 107 Å². The summed E-state index contributed by atoms with van der Waals surface area (Å²) in [7, 11) is 0. The van der Waals surface area contributed by atoms with Crippen molar-refractivity contribution < 1.29 is 13.2 Å². The van der Waals surface area contributed by atoms with Crippen LogP contribution in [-0.2, 0) is 6.42 Å². The second-order valence-corrected chi connectivity index (χ2v) is 8.70. The molecular formula is C27H26F3N5. The minimum atomic E-state index is -0.561. The molecule has 1 fully saturated rings. The molecule has 0 radical (unpaired) electrons. The van der Waals surface area contributed by atoms with Crippen LogP contribution in [0.4, 0.5) is 13.2 Å². The van der Waals surface area contributed by atoms with Gasteiger partial charge in [-0.1, -0.05) is 24.3 Å². The Balaban J connectivity index is 1.34. The predicted octanol–water partition coefficient (Wildman–Crippen LogP) is 4.84. The van der Waals surface area contributed by atoms with Crippen LogP contribution < -0.4 is 0 Å². The molecule has 0 bridgehead atoms. The molecule has 5 rings (SSSR count). The molecule has 5 nitrogen and oxygen atoms in total. The van der Waals surface area contributed by atoms with Crippen LogP contribution in [0.5, 0.6) is 0 Å². The van der Waals surface area contributed by atoms with Crippen LogP contribution in [-0.4, -0.2) is 57.7 Å². The van der Waals surface area contributed by atoms with Gasteiger partial charge >= 0.3 is 0 Å². The molecule has 1 atom stereocenters. The van der Waals surface area contributed by atoms with Gasteiger partial charge in [0.15, 0.2) is 0 Å². The number of aromatic nitrogens is 3. The van der Waals surface area contributed by atoms with E-state index in [1.807, 2.05) is 24.3 Å². The third-order valence-corrected chi connectivity index (χ3v) is 6.56. The first-order valence-electron chi connectivity index (χ1n) is 11.7. The van der Waals surface area contributed by atoms with E-state index in [-0.39, 0.29) is 11.9 Å². The molecule has 8 heteroatoms. The molecule has 35 heavy (non-hydrogen) atoms. The molecule has 1 saturated heterocycles. The van der Waals surface area contributed by atoms with Gasteiger partial charge in [0.25, 0.3) is 0 Å². The first-order valence-corrected chi connectivity index (χ1v) is 11.7. The van der Waals surface area contributed by atoms with Crippen molar-refractivity contribution in [3.8, 4) is 11.3 Å². The number of nitrogens with zero attached hydrogens (tertiary/aromatic N) is 4. The van der Waals surface area contributed by atoms with Crippen LogP contribution in [0, 0.1) is 17.5 Å². The standard InChI is InChI=1S/C27H26F3N5/c28-20-9-8-19(24(30)17-20)10-12-34-13-15-35(16-14-34)27(25-7-3-4-11-31-25)22-18-32-33-26(22)21-5-1-2-6-23(21)29/h1-9,11,17-18,27H,10,12-16H2,(H,32,33). The topological polar surface area (TPSA) is 48.1 Å². The van der Waals surface area contributed by atoms with Gasteiger partial charge in [-0.3, -0.25) is 15.0 Å².